The summed E-state index contributed by atoms with van der Waals surface area (Å²) in [5.74, 6) is 0.357. The number of aryl methyl sites for hydroxylation is 3. The lowest BCUT2D eigenvalue weighted by molar-refractivity contribution is 0.0925. The Hall–Kier alpha value is -3.19. The Labute approximate surface area is 180 Å². The highest BCUT2D eigenvalue weighted by molar-refractivity contribution is 7.09. The van der Waals surface area contributed by atoms with E-state index in [0.717, 1.165) is 27.4 Å². The molecule has 0 aliphatic carbocycles. The second kappa shape index (κ2) is 10.0. The van der Waals surface area contributed by atoms with Crippen molar-refractivity contribution in [1.29, 1.82) is 0 Å². The Kier molecular flexibility index (Phi) is 7.19. The third-order valence-corrected chi connectivity index (χ3v) is 5.17. The van der Waals surface area contributed by atoms with Crippen LogP contribution in [0.4, 0.5) is 0 Å². The molecule has 0 fully saturated rings. The van der Waals surface area contributed by atoms with E-state index in [1.165, 1.54) is 11.3 Å². The number of carbonyl (C=O) groups is 2. The molecule has 0 atom stereocenters. The minimum Gasteiger partial charge on any atom is -0.486 e. The molecule has 0 aliphatic rings. The van der Waals surface area contributed by atoms with E-state index in [-0.39, 0.29) is 11.8 Å². The van der Waals surface area contributed by atoms with Gasteiger partial charge in [-0.25, -0.2) is 4.98 Å². The summed E-state index contributed by atoms with van der Waals surface area (Å²) in [7, 11) is 0. The van der Waals surface area contributed by atoms with E-state index in [4.69, 9.17) is 4.74 Å². The minimum absolute atomic E-state index is 0.163. The van der Waals surface area contributed by atoms with Crippen LogP contribution >= 0.6 is 11.3 Å². The number of nitrogens with one attached hydrogen (secondary N) is 2. The van der Waals surface area contributed by atoms with Crippen LogP contribution in [0.25, 0.3) is 0 Å². The Balaban J connectivity index is 1.42. The van der Waals surface area contributed by atoms with E-state index in [2.05, 4.69) is 21.7 Å². The molecule has 0 bridgehead atoms. The molecule has 3 aromatic rings. The number of hydrogen-bond acceptors (Lipinski definition) is 5. The topological polar surface area (TPSA) is 80.3 Å². The van der Waals surface area contributed by atoms with Crippen molar-refractivity contribution in [3.8, 4) is 5.75 Å². The smallest absolute Gasteiger partial charge is 0.270 e. The molecule has 7 heteroatoms. The van der Waals surface area contributed by atoms with E-state index < -0.39 is 0 Å². The van der Waals surface area contributed by atoms with Crippen molar-refractivity contribution in [1.82, 2.24) is 15.6 Å². The van der Waals surface area contributed by atoms with Crippen LogP contribution in [0.3, 0.4) is 0 Å². The molecule has 0 radical (unpaired) electrons. The first-order chi connectivity index (χ1) is 14.4. The second-order valence-corrected chi connectivity index (χ2v) is 8.06. The van der Waals surface area contributed by atoms with Gasteiger partial charge in [0.15, 0.2) is 0 Å². The third kappa shape index (κ3) is 6.15. The molecule has 156 valence electrons. The monoisotopic (exact) mass is 423 g/mol. The summed E-state index contributed by atoms with van der Waals surface area (Å²) in [5.41, 5.74) is 4.32. The van der Waals surface area contributed by atoms with Crippen LogP contribution in [0.5, 0.6) is 5.75 Å². The number of amides is 2. The first kappa shape index (κ1) is 21.5. The van der Waals surface area contributed by atoms with Crippen molar-refractivity contribution in [2.75, 3.05) is 13.1 Å². The lowest BCUT2D eigenvalue weighted by Gasteiger charge is -2.07. The molecule has 30 heavy (non-hydrogen) atoms. The third-order valence-electron chi connectivity index (χ3n) is 4.35. The van der Waals surface area contributed by atoms with Crippen LogP contribution in [0.15, 0.2) is 47.8 Å². The molecule has 0 saturated heterocycles. The number of hydrogen-bond donors (Lipinski definition) is 2. The van der Waals surface area contributed by atoms with Crippen LogP contribution in [-0.2, 0) is 6.61 Å². The van der Waals surface area contributed by atoms with E-state index in [9.17, 15) is 9.59 Å². The van der Waals surface area contributed by atoms with E-state index in [1.54, 1.807) is 17.5 Å². The summed E-state index contributed by atoms with van der Waals surface area (Å²) in [6, 6.07) is 13.4. The fraction of sp³-hybridized carbons (Fsp3) is 0.261. The van der Waals surface area contributed by atoms with Gasteiger partial charge in [-0.15, -0.1) is 11.3 Å². The molecule has 1 heterocycles. The van der Waals surface area contributed by atoms with Gasteiger partial charge >= 0.3 is 0 Å². The fourth-order valence-corrected chi connectivity index (χ4v) is 3.58. The Morgan fingerprint density at radius 3 is 2.20 bits per heavy atom. The highest BCUT2D eigenvalue weighted by atomic mass is 32.1. The standard InChI is InChI=1S/C23H25N3O3S/c1-15-4-6-18(7-5-15)22(27)24-8-9-25-23(28)20-14-30-21(26-20)13-29-19-11-16(2)10-17(3)12-19/h4-7,10-12,14H,8-9,13H2,1-3H3,(H,24,27)(H,25,28). The average Bonchev–Trinajstić information content (AvgIpc) is 3.18. The highest BCUT2D eigenvalue weighted by Gasteiger charge is 2.11. The van der Waals surface area contributed by atoms with Gasteiger partial charge in [0.05, 0.1) is 0 Å². The number of rotatable bonds is 8. The van der Waals surface area contributed by atoms with Crippen LogP contribution in [0.1, 0.15) is 42.5 Å². The highest BCUT2D eigenvalue weighted by Crippen LogP contribution is 2.19. The van der Waals surface area contributed by atoms with Crippen molar-refractivity contribution in [3.05, 3.63) is 80.8 Å². The lowest BCUT2D eigenvalue weighted by Crippen LogP contribution is -2.34. The van der Waals surface area contributed by atoms with Crippen LogP contribution in [-0.4, -0.2) is 29.9 Å². The van der Waals surface area contributed by atoms with Gasteiger partial charge in [-0.2, -0.15) is 0 Å². The maximum atomic E-state index is 12.3. The van der Waals surface area contributed by atoms with E-state index >= 15 is 0 Å². The predicted octanol–water partition coefficient (Wildman–Crippen LogP) is 3.81. The number of ether oxygens (including phenoxy) is 1. The van der Waals surface area contributed by atoms with Gasteiger partial charge in [0.1, 0.15) is 23.1 Å². The molecule has 0 unspecified atom stereocenters. The van der Waals surface area contributed by atoms with Crippen LogP contribution in [0.2, 0.25) is 0 Å². The Morgan fingerprint density at radius 1 is 0.900 bits per heavy atom. The first-order valence-electron chi connectivity index (χ1n) is 9.69. The van der Waals surface area contributed by atoms with Crippen molar-refractivity contribution in [2.45, 2.75) is 27.4 Å². The first-order valence-corrected chi connectivity index (χ1v) is 10.6. The zero-order valence-electron chi connectivity index (χ0n) is 17.3. The molecule has 0 spiro atoms. The van der Waals surface area contributed by atoms with Crippen molar-refractivity contribution in [3.63, 3.8) is 0 Å². The molecular weight excluding hydrogens is 398 g/mol. The van der Waals surface area contributed by atoms with Crippen molar-refractivity contribution < 1.29 is 14.3 Å². The molecule has 0 saturated carbocycles. The van der Waals surface area contributed by atoms with Gasteiger partial charge in [-0.3, -0.25) is 9.59 Å². The largest absolute Gasteiger partial charge is 0.486 e. The normalized spacial score (nSPS) is 10.5. The van der Waals surface area contributed by atoms with Gasteiger partial charge in [0.25, 0.3) is 11.8 Å². The summed E-state index contributed by atoms with van der Waals surface area (Å²) < 4.78 is 5.79. The molecule has 0 aliphatic heterocycles. The number of aromatic nitrogens is 1. The summed E-state index contributed by atoms with van der Waals surface area (Å²) in [4.78, 5) is 28.6. The zero-order chi connectivity index (χ0) is 21.5. The fourth-order valence-electron chi connectivity index (χ4n) is 2.89. The molecule has 6 nitrogen and oxygen atoms in total. The maximum Gasteiger partial charge on any atom is 0.270 e. The van der Waals surface area contributed by atoms with Gasteiger partial charge in [0.2, 0.25) is 0 Å². The van der Waals surface area contributed by atoms with Gasteiger partial charge < -0.3 is 15.4 Å². The van der Waals surface area contributed by atoms with Crippen LogP contribution < -0.4 is 15.4 Å². The number of thiazole rings is 1. The van der Waals surface area contributed by atoms with Crippen molar-refractivity contribution >= 4 is 23.2 Å². The quantitative estimate of drug-likeness (QED) is 0.540. The molecular formula is C23H25N3O3S. The Bertz CT molecular complexity index is 1010. The maximum absolute atomic E-state index is 12.3. The summed E-state index contributed by atoms with van der Waals surface area (Å²) in [5, 5.41) is 7.99. The number of nitrogens with zero attached hydrogens (tertiary/aromatic N) is 1. The molecule has 2 aromatic carbocycles. The number of benzene rings is 2. The molecule has 1 aromatic heterocycles. The summed E-state index contributed by atoms with van der Waals surface area (Å²) >= 11 is 1.38. The zero-order valence-corrected chi connectivity index (χ0v) is 18.1. The van der Waals surface area contributed by atoms with Gasteiger partial charge in [-0.05, 0) is 56.2 Å². The lowest BCUT2D eigenvalue weighted by atomic mass is 10.1. The van der Waals surface area contributed by atoms with E-state index in [1.807, 2.05) is 45.0 Å². The summed E-state index contributed by atoms with van der Waals surface area (Å²) in [6.07, 6.45) is 0. The van der Waals surface area contributed by atoms with Gasteiger partial charge in [0, 0.05) is 24.0 Å². The van der Waals surface area contributed by atoms with Crippen LogP contribution in [0, 0.1) is 20.8 Å². The van der Waals surface area contributed by atoms with Crippen molar-refractivity contribution in [2.24, 2.45) is 0 Å². The Morgan fingerprint density at radius 2 is 1.53 bits per heavy atom. The molecule has 3 rings (SSSR count). The number of carbonyl (C=O) groups excluding carboxylic acids is 2. The molecule has 2 amide bonds. The predicted molar refractivity (Wildman–Crippen MR) is 118 cm³/mol. The van der Waals surface area contributed by atoms with E-state index in [0.29, 0.717) is 31.0 Å². The summed E-state index contributed by atoms with van der Waals surface area (Å²) in [6.45, 7) is 6.99. The minimum atomic E-state index is -0.270. The molecule has 2 N–H and O–H groups in total. The second-order valence-electron chi connectivity index (χ2n) is 7.12. The average molecular weight is 424 g/mol. The SMILES string of the molecule is Cc1ccc(C(=O)NCCNC(=O)c2csc(COc3cc(C)cc(C)c3)n2)cc1. The van der Waals surface area contributed by atoms with Gasteiger partial charge in [-0.1, -0.05) is 23.8 Å².